The molecule has 0 amide bonds. The minimum Gasteiger partial charge on any atom is -0.481 e. The quantitative estimate of drug-likeness (QED) is 0.640. The summed E-state index contributed by atoms with van der Waals surface area (Å²) in [4.78, 5) is 21.2. The molecular formula is C11H11BrClNO6S. The Balaban J connectivity index is 3.00. The molecule has 0 bridgehead atoms. The fraction of sp³-hybridized carbons (Fsp3) is 0.273. The number of hydrogen-bond donors (Lipinski definition) is 3. The van der Waals surface area contributed by atoms with Crippen molar-refractivity contribution in [2.24, 2.45) is 0 Å². The Morgan fingerprint density at radius 1 is 1.33 bits per heavy atom. The molecule has 0 fully saturated rings. The first kappa shape index (κ1) is 17.9. The van der Waals surface area contributed by atoms with Gasteiger partial charge < -0.3 is 10.2 Å². The van der Waals surface area contributed by atoms with Crippen molar-refractivity contribution in [3.05, 3.63) is 27.7 Å². The maximum Gasteiger partial charge on any atom is 0.321 e. The molecule has 10 heteroatoms. The van der Waals surface area contributed by atoms with Crippen LogP contribution in [0.2, 0.25) is 5.02 Å². The van der Waals surface area contributed by atoms with E-state index in [0.717, 1.165) is 0 Å². The number of carbonyl (C=O) groups is 2. The van der Waals surface area contributed by atoms with Crippen molar-refractivity contribution < 1.29 is 28.2 Å². The van der Waals surface area contributed by atoms with Gasteiger partial charge in [0.25, 0.3) is 0 Å². The predicted octanol–water partition coefficient (Wildman–Crippen LogP) is 1.70. The van der Waals surface area contributed by atoms with Gasteiger partial charge in [-0.15, -0.1) is 0 Å². The van der Waals surface area contributed by atoms with Gasteiger partial charge in [0.2, 0.25) is 10.0 Å². The number of rotatable bonds is 7. The predicted molar refractivity (Wildman–Crippen MR) is 77.8 cm³/mol. The summed E-state index contributed by atoms with van der Waals surface area (Å²) in [5.41, 5.74) is 0. The molecule has 0 aliphatic heterocycles. The Bertz CT molecular complexity index is 663. The molecule has 1 atom stereocenters. The van der Waals surface area contributed by atoms with E-state index in [1.54, 1.807) is 0 Å². The Morgan fingerprint density at radius 2 is 1.95 bits per heavy atom. The average molecular weight is 401 g/mol. The van der Waals surface area contributed by atoms with Crippen molar-refractivity contribution >= 4 is 49.5 Å². The third kappa shape index (κ3) is 5.27. The second kappa shape index (κ2) is 7.21. The second-order valence-electron chi connectivity index (χ2n) is 4.02. The summed E-state index contributed by atoms with van der Waals surface area (Å²) in [6, 6.07) is 2.45. The molecule has 7 nitrogen and oxygen atoms in total. The van der Waals surface area contributed by atoms with E-state index in [0.29, 0.717) is 4.47 Å². The van der Waals surface area contributed by atoms with E-state index in [9.17, 15) is 18.0 Å². The monoisotopic (exact) mass is 399 g/mol. The summed E-state index contributed by atoms with van der Waals surface area (Å²) in [6.45, 7) is 0. The Kier molecular flexibility index (Phi) is 6.14. The SMILES string of the molecule is O=C(O)CCC(NS(=O)(=O)c1ccc(Br)cc1Cl)C(=O)O. The van der Waals surface area contributed by atoms with Crippen molar-refractivity contribution in [1.82, 2.24) is 4.72 Å². The molecule has 0 aliphatic carbocycles. The lowest BCUT2D eigenvalue weighted by Gasteiger charge is -2.14. The summed E-state index contributed by atoms with van der Waals surface area (Å²) >= 11 is 8.93. The first-order chi connectivity index (χ1) is 9.63. The fourth-order valence-corrected chi connectivity index (χ4v) is 3.71. The molecule has 0 saturated heterocycles. The van der Waals surface area contributed by atoms with Crippen molar-refractivity contribution in [3.63, 3.8) is 0 Å². The Morgan fingerprint density at radius 3 is 2.43 bits per heavy atom. The van der Waals surface area contributed by atoms with E-state index >= 15 is 0 Å². The highest BCUT2D eigenvalue weighted by atomic mass is 79.9. The maximum atomic E-state index is 12.1. The normalized spacial score (nSPS) is 12.9. The van der Waals surface area contributed by atoms with Crippen LogP contribution in [0.15, 0.2) is 27.6 Å². The van der Waals surface area contributed by atoms with Crippen LogP contribution in [0.3, 0.4) is 0 Å². The molecule has 0 aliphatic rings. The van der Waals surface area contributed by atoms with Crippen LogP contribution in [-0.4, -0.2) is 36.6 Å². The van der Waals surface area contributed by atoms with E-state index in [-0.39, 0.29) is 16.3 Å². The summed E-state index contributed by atoms with van der Waals surface area (Å²) in [5.74, 6) is -2.69. The second-order valence-corrected chi connectivity index (χ2v) is 7.02. The average Bonchev–Trinajstić information content (AvgIpc) is 2.33. The molecule has 0 saturated carbocycles. The smallest absolute Gasteiger partial charge is 0.321 e. The number of benzene rings is 1. The molecular weight excluding hydrogens is 390 g/mol. The zero-order chi connectivity index (χ0) is 16.2. The van der Waals surface area contributed by atoms with Crippen molar-refractivity contribution in [2.75, 3.05) is 0 Å². The maximum absolute atomic E-state index is 12.1. The van der Waals surface area contributed by atoms with Crippen LogP contribution in [0.4, 0.5) is 0 Å². The highest BCUT2D eigenvalue weighted by Gasteiger charge is 2.27. The molecule has 0 spiro atoms. The van der Waals surface area contributed by atoms with Crippen LogP contribution in [0.1, 0.15) is 12.8 Å². The Hall–Kier alpha value is -1.16. The highest BCUT2D eigenvalue weighted by molar-refractivity contribution is 9.10. The molecule has 1 rings (SSSR count). The van der Waals surface area contributed by atoms with Crippen LogP contribution < -0.4 is 4.72 Å². The van der Waals surface area contributed by atoms with E-state index in [1.807, 2.05) is 4.72 Å². The molecule has 1 aromatic rings. The van der Waals surface area contributed by atoms with Crippen LogP contribution in [0, 0.1) is 0 Å². The summed E-state index contributed by atoms with van der Waals surface area (Å²) in [5, 5.41) is 17.4. The highest BCUT2D eigenvalue weighted by Crippen LogP contribution is 2.25. The molecule has 1 unspecified atom stereocenters. The molecule has 0 radical (unpaired) electrons. The summed E-state index contributed by atoms with van der Waals surface area (Å²) < 4.78 is 26.7. The number of aliphatic carboxylic acids is 2. The summed E-state index contributed by atoms with van der Waals surface area (Å²) in [7, 11) is -4.18. The first-order valence-electron chi connectivity index (χ1n) is 5.55. The van der Waals surface area contributed by atoms with E-state index < -0.39 is 34.4 Å². The van der Waals surface area contributed by atoms with Gasteiger partial charge in [-0.05, 0) is 24.6 Å². The lowest BCUT2D eigenvalue weighted by Crippen LogP contribution is -2.41. The fourth-order valence-electron chi connectivity index (χ4n) is 1.44. The summed E-state index contributed by atoms with van der Waals surface area (Å²) in [6.07, 6.45) is -0.856. The third-order valence-corrected chi connectivity index (χ3v) is 4.87. The van der Waals surface area contributed by atoms with Gasteiger partial charge in [-0.25, -0.2) is 8.42 Å². The lowest BCUT2D eigenvalue weighted by atomic mass is 10.2. The molecule has 3 N–H and O–H groups in total. The minimum absolute atomic E-state index is 0.0840. The zero-order valence-electron chi connectivity index (χ0n) is 10.4. The van der Waals surface area contributed by atoms with Crippen LogP contribution in [-0.2, 0) is 19.6 Å². The number of nitrogens with one attached hydrogen (secondary N) is 1. The third-order valence-electron chi connectivity index (χ3n) is 2.43. The van der Waals surface area contributed by atoms with Gasteiger partial charge in [0, 0.05) is 10.9 Å². The number of hydrogen-bond acceptors (Lipinski definition) is 4. The number of sulfonamides is 1. The Labute approximate surface area is 134 Å². The first-order valence-corrected chi connectivity index (χ1v) is 8.21. The van der Waals surface area contributed by atoms with Gasteiger partial charge in [-0.1, -0.05) is 27.5 Å². The number of carboxylic acids is 2. The van der Waals surface area contributed by atoms with E-state index in [2.05, 4.69) is 15.9 Å². The molecule has 1 aromatic carbocycles. The molecule has 21 heavy (non-hydrogen) atoms. The van der Waals surface area contributed by atoms with Crippen LogP contribution in [0.25, 0.3) is 0 Å². The number of carboxylic acid groups (broad SMARTS) is 2. The van der Waals surface area contributed by atoms with Gasteiger partial charge in [-0.3, -0.25) is 9.59 Å². The van der Waals surface area contributed by atoms with Crippen molar-refractivity contribution in [3.8, 4) is 0 Å². The van der Waals surface area contributed by atoms with Gasteiger partial charge in [0.15, 0.2) is 0 Å². The molecule has 116 valence electrons. The minimum atomic E-state index is -4.18. The zero-order valence-corrected chi connectivity index (χ0v) is 13.6. The van der Waals surface area contributed by atoms with Gasteiger partial charge in [-0.2, -0.15) is 4.72 Å². The van der Waals surface area contributed by atoms with Crippen molar-refractivity contribution in [2.45, 2.75) is 23.8 Å². The van der Waals surface area contributed by atoms with Gasteiger partial charge >= 0.3 is 11.9 Å². The van der Waals surface area contributed by atoms with E-state index in [4.69, 9.17) is 21.8 Å². The lowest BCUT2D eigenvalue weighted by molar-refractivity contribution is -0.140. The van der Waals surface area contributed by atoms with Gasteiger partial charge in [0.05, 0.1) is 5.02 Å². The largest absolute Gasteiger partial charge is 0.481 e. The van der Waals surface area contributed by atoms with Crippen LogP contribution in [0.5, 0.6) is 0 Å². The number of halogens is 2. The van der Waals surface area contributed by atoms with Gasteiger partial charge in [0.1, 0.15) is 10.9 Å². The van der Waals surface area contributed by atoms with Crippen LogP contribution >= 0.6 is 27.5 Å². The van der Waals surface area contributed by atoms with E-state index in [1.165, 1.54) is 18.2 Å². The molecule has 0 heterocycles. The topological polar surface area (TPSA) is 121 Å². The standard InChI is InChI=1S/C11H11BrClNO6S/c12-6-1-3-9(7(13)5-6)21(19,20)14-8(11(17)18)2-4-10(15)16/h1,3,5,8,14H,2,4H2,(H,15,16)(H,17,18). The molecule has 0 aromatic heterocycles. The van der Waals surface area contributed by atoms with Crippen molar-refractivity contribution in [1.29, 1.82) is 0 Å².